The highest BCUT2D eigenvalue weighted by atomic mass is 35.5. The number of esters is 1. The summed E-state index contributed by atoms with van der Waals surface area (Å²) in [6, 6.07) is 13.2. The van der Waals surface area contributed by atoms with Crippen LogP contribution >= 0.6 is 24.0 Å². The first kappa shape index (κ1) is 26.3. The average molecular weight is 493 g/mol. The molecular formula is C23H26Cl2N4O4. The number of ether oxygens (including phenoxy) is 1. The molecule has 10 heteroatoms. The molecule has 0 unspecified atom stereocenters. The number of nitro benzene ring substituents is 1. The van der Waals surface area contributed by atoms with Crippen LogP contribution in [0.15, 0.2) is 48.5 Å². The van der Waals surface area contributed by atoms with E-state index in [0.717, 1.165) is 0 Å². The Kier molecular flexibility index (Phi) is 8.60. The molecule has 0 atom stereocenters. The molecule has 1 heterocycles. The van der Waals surface area contributed by atoms with Crippen LogP contribution in [-0.4, -0.2) is 32.8 Å². The molecule has 3 aromatic rings. The molecule has 176 valence electrons. The van der Waals surface area contributed by atoms with Gasteiger partial charge in [-0.2, -0.15) is 5.10 Å². The van der Waals surface area contributed by atoms with Crippen molar-refractivity contribution in [2.75, 3.05) is 6.61 Å². The predicted molar refractivity (Wildman–Crippen MR) is 130 cm³/mol. The second-order valence-corrected chi connectivity index (χ2v) is 8.63. The Hall–Kier alpha value is -2.94. The van der Waals surface area contributed by atoms with Gasteiger partial charge in [0.25, 0.3) is 5.69 Å². The summed E-state index contributed by atoms with van der Waals surface area (Å²) >= 11 is 6.05. The number of halogens is 2. The van der Waals surface area contributed by atoms with Gasteiger partial charge in [0, 0.05) is 40.4 Å². The summed E-state index contributed by atoms with van der Waals surface area (Å²) in [7, 11) is 0. The molecule has 8 nitrogen and oxygen atoms in total. The van der Waals surface area contributed by atoms with Gasteiger partial charge in [-0.25, -0.2) is 9.48 Å². The maximum atomic E-state index is 12.8. The van der Waals surface area contributed by atoms with Gasteiger partial charge in [0.05, 0.1) is 22.9 Å². The summed E-state index contributed by atoms with van der Waals surface area (Å²) in [6.45, 7) is 8.35. The van der Waals surface area contributed by atoms with Crippen molar-refractivity contribution in [2.24, 2.45) is 0 Å². The summed E-state index contributed by atoms with van der Waals surface area (Å²) < 4.78 is 6.90. The highest BCUT2D eigenvalue weighted by Crippen LogP contribution is 2.32. The molecule has 0 amide bonds. The first-order chi connectivity index (χ1) is 15.1. The van der Waals surface area contributed by atoms with Gasteiger partial charge in [-0.05, 0) is 64.1 Å². The Labute approximate surface area is 203 Å². The molecule has 3 rings (SSSR count). The Balaban J connectivity index is 0.00000385. The van der Waals surface area contributed by atoms with Crippen molar-refractivity contribution in [1.29, 1.82) is 0 Å². The third kappa shape index (κ3) is 6.31. The van der Waals surface area contributed by atoms with Crippen LogP contribution in [-0.2, 0) is 11.3 Å². The van der Waals surface area contributed by atoms with Gasteiger partial charge in [0.2, 0.25) is 0 Å². The van der Waals surface area contributed by atoms with Crippen molar-refractivity contribution >= 4 is 35.7 Å². The topological polar surface area (TPSA) is 99.3 Å². The number of rotatable bonds is 7. The zero-order chi connectivity index (χ0) is 23.5. The number of non-ortho nitro benzene ring substituents is 1. The summed E-state index contributed by atoms with van der Waals surface area (Å²) in [5, 5.41) is 19.7. The van der Waals surface area contributed by atoms with Crippen molar-refractivity contribution in [3.05, 3.63) is 74.9 Å². The van der Waals surface area contributed by atoms with Gasteiger partial charge < -0.3 is 10.1 Å². The fourth-order valence-electron chi connectivity index (χ4n) is 3.14. The molecule has 0 radical (unpaired) electrons. The maximum Gasteiger partial charge on any atom is 0.359 e. The minimum atomic E-state index is -0.533. The van der Waals surface area contributed by atoms with E-state index >= 15 is 0 Å². The standard InChI is InChI=1S/C23H25ClN4O4.ClH/c1-5-32-22(29)20-19(14-25-23(2,3)4)21(15-6-10-18(11-7-15)28(30)31)27(26-20)17-12-8-16(24)9-13-17;/h6-13,25H,5,14H2,1-4H3;1H. The third-order valence-electron chi connectivity index (χ3n) is 4.67. The van der Waals surface area contributed by atoms with E-state index in [4.69, 9.17) is 16.3 Å². The van der Waals surface area contributed by atoms with Gasteiger partial charge in [-0.1, -0.05) is 11.6 Å². The smallest absolute Gasteiger partial charge is 0.359 e. The fraction of sp³-hybridized carbons (Fsp3) is 0.304. The van der Waals surface area contributed by atoms with Crippen molar-refractivity contribution in [3.8, 4) is 16.9 Å². The van der Waals surface area contributed by atoms with Crippen LogP contribution in [0.25, 0.3) is 16.9 Å². The predicted octanol–water partition coefficient (Wildman–Crippen LogP) is 5.59. The second-order valence-electron chi connectivity index (χ2n) is 8.19. The highest BCUT2D eigenvalue weighted by molar-refractivity contribution is 6.30. The van der Waals surface area contributed by atoms with E-state index < -0.39 is 10.9 Å². The van der Waals surface area contributed by atoms with Crippen LogP contribution in [0.5, 0.6) is 0 Å². The van der Waals surface area contributed by atoms with E-state index in [1.165, 1.54) is 12.1 Å². The van der Waals surface area contributed by atoms with E-state index in [0.29, 0.717) is 34.1 Å². The summed E-state index contributed by atoms with van der Waals surface area (Å²) in [6.07, 6.45) is 0. The number of nitrogens with zero attached hydrogens (tertiary/aromatic N) is 3. The lowest BCUT2D eigenvalue weighted by molar-refractivity contribution is -0.384. The van der Waals surface area contributed by atoms with Crippen molar-refractivity contribution in [1.82, 2.24) is 15.1 Å². The molecule has 33 heavy (non-hydrogen) atoms. The lowest BCUT2D eigenvalue weighted by Gasteiger charge is -2.21. The number of aromatic nitrogens is 2. The number of hydrogen-bond acceptors (Lipinski definition) is 6. The second kappa shape index (κ2) is 10.8. The van der Waals surface area contributed by atoms with E-state index in [9.17, 15) is 14.9 Å². The third-order valence-corrected chi connectivity index (χ3v) is 4.92. The lowest BCUT2D eigenvalue weighted by Crippen LogP contribution is -2.35. The average Bonchev–Trinajstić information content (AvgIpc) is 3.12. The van der Waals surface area contributed by atoms with E-state index in [1.807, 2.05) is 20.8 Å². The molecule has 0 aliphatic carbocycles. The Morgan fingerprint density at radius 3 is 2.27 bits per heavy atom. The monoisotopic (exact) mass is 492 g/mol. The molecule has 0 saturated heterocycles. The summed E-state index contributed by atoms with van der Waals surface area (Å²) in [4.78, 5) is 23.4. The molecule has 0 saturated carbocycles. The zero-order valence-corrected chi connectivity index (χ0v) is 20.4. The van der Waals surface area contributed by atoms with Gasteiger partial charge in [-0.3, -0.25) is 10.1 Å². The molecular weight excluding hydrogens is 467 g/mol. The first-order valence-corrected chi connectivity index (χ1v) is 10.5. The first-order valence-electron chi connectivity index (χ1n) is 10.2. The molecule has 0 spiro atoms. The van der Waals surface area contributed by atoms with Crippen LogP contribution in [0.4, 0.5) is 5.69 Å². The number of nitrogens with one attached hydrogen (secondary N) is 1. The molecule has 2 aromatic carbocycles. The van der Waals surface area contributed by atoms with Crippen LogP contribution in [0.3, 0.4) is 0 Å². The molecule has 0 bridgehead atoms. The number of nitro groups is 1. The number of carbonyl (C=O) groups is 1. The minimum Gasteiger partial charge on any atom is -0.461 e. The van der Waals surface area contributed by atoms with E-state index in [-0.39, 0.29) is 35.9 Å². The SMILES string of the molecule is CCOC(=O)c1nn(-c2ccc(Cl)cc2)c(-c2ccc([N+](=O)[O-])cc2)c1CNC(C)(C)C.Cl. The molecule has 0 fully saturated rings. The lowest BCUT2D eigenvalue weighted by atomic mass is 10.0. The minimum absolute atomic E-state index is 0. The normalized spacial score (nSPS) is 11.1. The van der Waals surface area contributed by atoms with Gasteiger partial charge in [-0.15, -0.1) is 12.4 Å². The van der Waals surface area contributed by atoms with Gasteiger partial charge in [0.1, 0.15) is 0 Å². The highest BCUT2D eigenvalue weighted by Gasteiger charge is 2.27. The van der Waals surface area contributed by atoms with E-state index in [1.54, 1.807) is 48.0 Å². The number of carbonyl (C=O) groups excluding carboxylic acids is 1. The fourth-order valence-corrected chi connectivity index (χ4v) is 3.27. The zero-order valence-electron chi connectivity index (χ0n) is 18.8. The van der Waals surface area contributed by atoms with Gasteiger partial charge in [0.15, 0.2) is 5.69 Å². The Morgan fingerprint density at radius 2 is 1.76 bits per heavy atom. The maximum absolute atomic E-state index is 12.8. The summed E-state index contributed by atoms with van der Waals surface area (Å²) in [5.41, 5.74) is 2.60. The van der Waals surface area contributed by atoms with Gasteiger partial charge >= 0.3 is 5.97 Å². The van der Waals surface area contributed by atoms with Crippen LogP contribution in [0, 0.1) is 10.1 Å². The van der Waals surface area contributed by atoms with Crippen LogP contribution in [0.2, 0.25) is 5.02 Å². The van der Waals surface area contributed by atoms with Crippen molar-refractivity contribution < 1.29 is 14.5 Å². The van der Waals surface area contributed by atoms with Crippen molar-refractivity contribution in [3.63, 3.8) is 0 Å². The quantitative estimate of drug-likeness (QED) is 0.262. The number of hydrogen-bond donors (Lipinski definition) is 1. The van der Waals surface area contributed by atoms with Crippen LogP contribution < -0.4 is 5.32 Å². The van der Waals surface area contributed by atoms with E-state index in [2.05, 4.69) is 10.4 Å². The summed E-state index contributed by atoms with van der Waals surface area (Å²) in [5.74, 6) is -0.533. The molecule has 0 aliphatic rings. The van der Waals surface area contributed by atoms with Crippen molar-refractivity contribution in [2.45, 2.75) is 39.8 Å². The molecule has 0 aliphatic heterocycles. The largest absolute Gasteiger partial charge is 0.461 e. The molecule has 1 aromatic heterocycles. The molecule has 1 N–H and O–H groups in total. The number of benzene rings is 2. The Morgan fingerprint density at radius 1 is 1.15 bits per heavy atom. The van der Waals surface area contributed by atoms with Crippen LogP contribution in [0.1, 0.15) is 43.7 Å². The Bertz CT molecular complexity index is 1120.